The second kappa shape index (κ2) is 15.6. The fraction of sp³-hybridized carbons (Fsp3) is 0.938. The smallest absolute Gasteiger partial charge is 0.748 e. The van der Waals surface area contributed by atoms with Crippen molar-refractivity contribution in [1.29, 1.82) is 0 Å². The third kappa shape index (κ3) is 17.2. The summed E-state index contributed by atoms with van der Waals surface area (Å²) in [7, 11) is -0.0935. The summed E-state index contributed by atoms with van der Waals surface area (Å²) < 4.78 is 32.2. The topological polar surface area (TPSA) is 89.5 Å². The molecule has 1 amide bonds. The molecule has 1 unspecified atom stereocenters. The van der Waals surface area contributed by atoms with Crippen molar-refractivity contribution in [3.8, 4) is 0 Å². The summed E-state index contributed by atoms with van der Waals surface area (Å²) >= 11 is 0. The van der Waals surface area contributed by atoms with Crippen molar-refractivity contribution in [2.45, 2.75) is 70.0 Å². The largest absolute Gasteiger partial charge is 1.00 e. The van der Waals surface area contributed by atoms with Crippen molar-refractivity contribution < 1.29 is 47.3 Å². The van der Waals surface area contributed by atoms with Crippen LogP contribution in [0, 0.1) is 0 Å². The SMILES string of the molecule is CC(CCCCCCCCC(=O)NCCCN(C)C)S(=O)(=O)[O-].[Na+]. The van der Waals surface area contributed by atoms with Crippen LogP contribution in [0.1, 0.15) is 64.7 Å². The van der Waals surface area contributed by atoms with E-state index in [1.165, 1.54) is 6.92 Å². The van der Waals surface area contributed by atoms with Gasteiger partial charge in [-0.05, 0) is 46.8 Å². The predicted molar refractivity (Wildman–Crippen MR) is 92.3 cm³/mol. The van der Waals surface area contributed by atoms with Gasteiger partial charge in [0.1, 0.15) is 0 Å². The molecule has 0 aliphatic carbocycles. The average Bonchev–Trinajstić information content (AvgIpc) is 2.44. The van der Waals surface area contributed by atoms with E-state index < -0.39 is 15.4 Å². The summed E-state index contributed by atoms with van der Waals surface area (Å²) in [6.07, 6.45) is 7.68. The molecule has 0 aliphatic rings. The van der Waals surface area contributed by atoms with E-state index in [-0.39, 0.29) is 35.5 Å². The monoisotopic (exact) mass is 372 g/mol. The zero-order chi connectivity index (χ0) is 17.7. The molecule has 8 heteroatoms. The normalized spacial score (nSPS) is 12.7. The minimum Gasteiger partial charge on any atom is -0.748 e. The fourth-order valence-corrected chi connectivity index (χ4v) is 2.74. The van der Waals surface area contributed by atoms with E-state index in [9.17, 15) is 17.8 Å². The zero-order valence-electron chi connectivity index (χ0n) is 15.8. The van der Waals surface area contributed by atoms with Crippen molar-refractivity contribution in [3.05, 3.63) is 0 Å². The van der Waals surface area contributed by atoms with E-state index in [1.807, 2.05) is 14.1 Å². The summed E-state index contributed by atoms with van der Waals surface area (Å²) in [6, 6.07) is 0. The van der Waals surface area contributed by atoms with E-state index in [0.717, 1.165) is 58.0 Å². The number of carbonyl (C=O) groups is 1. The second-order valence-electron chi connectivity index (χ2n) is 6.47. The van der Waals surface area contributed by atoms with Gasteiger partial charge in [0.2, 0.25) is 5.91 Å². The van der Waals surface area contributed by atoms with Gasteiger partial charge in [-0.25, -0.2) is 8.42 Å². The number of unbranched alkanes of at least 4 members (excludes halogenated alkanes) is 5. The molecule has 1 atom stereocenters. The third-order valence-electron chi connectivity index (χ3n) is 3.86. The van der Waals surface area contributed by atoms with Gasteiger partial charge in [-0.1, -0.05) is 32.1 Å². The Kier molecular flexibility index (Phi) is 17.3. The Morgan fingerprint density at radius 2 is 1.58 bits per heavy atom. The molecule has 0 aliphatic heterocycles. The standard InChI is InChI=1S/C16H34N2O4S.Na/c1-15(23(20,21)22)11-8-6-4-5-7-9-12-16(19)17-13-10-14-18(2)3;/h15H,4-14H2,1-3H3,(H,17,19)(H,20,21,22);/q;+1/p-1. The molecule has 1 N–H and O–H groups in total. The van der Waals surface area contributed by atoms with Gasteiger partial charge in [0.05, 0.1) is 10.1 Å². The van der Waals surface area contributed by atoms with Gasteiger partial charge in [0, 0.05) is 18.2 Å². The van der Waals surface area contributed by atoms with Gasteiger partial charge >= 0.3 is 29.6 Å². The van der Waals surface area contributed by atoms with E-state index >= 15 is 0 Å². The zero-order valence-corrected chi connectivity index (χ0v) is 18.7. The van der Waals surface area contributed by atoms with Gasteiger partial charge in [0.15, 0.2) is 0 Å². The van der Waals surface area contributed by atoms with Gasteiger partial charge in [-0.3, -0.25) is 4.79 Å². The Labute approximate surface area is 170 Å². The molecule has 0 saturated carbocycles. The molecule has 0 radical (unpaired) electrons. The average molecular weight is 373 g/mol. The molecule has 6 nitrogen and oxygen atoms in total. The van der Waals surface area contributed by atoms with E-state index in [1.54, 1.807) is 0 Å². The summed E-state index contributed by atoms with van der Waals surface area (Å²) in [5, 5.41) is 2.14. The Morgan fingerprint density at radius 3 is 2.12 bits per heavy atom. The maximum absolute atomic E-state index is 11.6. The molecule has 0 fully saturated rings. The molecule has 0 bridgehead atoms. The molecule has 0 spiro atoms. The van der Waals surface area contributed by atoms with Crippen molar-refractivity contribution in [3.63, 3.8) is 0 Å². The minimum atomic E-state index is -4.13. The van der Waals surface area contributed by atoms with Crippen LogP contribution in [0.15, 0.2) is 0 Å². The first kappa shape index (κ1) is 26.6. The maximum Gasteiger partial charge on any atom is 1.00 e. The van der Waals surface area contributed by atoms with Crippen LogP contribution in [0.25, 0.3) is 0 Å². The van der Waals surface area contributed by atoms with Crippen LogP contribution in [0.2, 0.25) is 0 Å². The number of rotatable bonds is 14. The Bertz CT molecular complexity index is 416. The van der Waals surface area contributed by atoms with E-state index in [4.69, 9.17) is 0 Å². The van der Waals surface area contributed by atoms with Gasteiger partial charge in [-0.2, -0.15) is 0 Å². The van der Waals surface area contributed by atoms with Crippen molar-refractivity contribution in [2.75, 3.05) is 27.2 Å². The van der Waals surface area contributed by atoms with Crippen LogP contribution < -0.4 is 34.9 Å². The Hall–Kier alpha value is 0.340. The first-order valence-electron chi connectivity index (χ1n) is 8.59. The first-order valence-corrected chi connectivity index (χ1v) is 10.1. The number of amides is 1. The molecular weight excluding hydrogens is 339 g/mol. The van der Waals surface area contributed by atoms with Crippen LogP contribution in [-0.4, -0.2) is 56.2 Å². The van der Waals surface area contributed by atoms with Crippen LogP contribution in [0.5, 0.6) is 0 Å². The van der Waals surface area contributed by atoms with Crippen LogP contribution in [0.4, 0.5) is 0 Å². The van der Waals surface area contributed by atoms with E-state index in [0.29, 0.717) is 12.8 Å². The van der Waals surface area contributed by atoms with Crippen LogP contribution in [-0.2, 0) is 14.9 Å². The number of nitrogens with one attached hydrogen (secondary N) is 1. The van der Waals surface area contributed by atoms with Crippen molar-refractivity contribution >= 4 is 16.0 Å². The first-order chi connectivity index (χ1) is 10.7. The maximum atomic E-state index is 11.6. The van der Waals surface area contributed by atoms with Crippen LogP contribution in [0.3, 0.4) is 0 Å². The summed E-state index contributed by atoms with van der Waals surface area (Å²) in [4.78, 5) is 13.7. The second-order valence-corrected chi connectivity index (χ2v) is 8.26. The van der Waals surface area contributed by atoms with Crippen molar-refractivity contribution in [2.24, 2.45) is 0 Å². The molecule has 0 saturated heterocycles. The minimum absolute atomic E-state index is 0. The van der Waals surface area contributed by atoms with Crippen LogP contribution >= 0.6 is 0 Å². The van der Waals surface area contributed by atoms with E-state index in [2.05, 4.69) is 10.2 Å². The molecule has 0 heterocycles. The van der Waals surface area contributed by atoms with Crippen molar-refractivity contribution in [1.82, 2.24) is 10.2 Å². The Morgan fingerprint density at radius 1 is 1.04 bits per heavy atom. The fourth-order valence-electron chi connectivity index (χ4n) is 2.28. The van der Waals surface area contributed by atoms with Gasteiger partial charge in [-0.15, -0.1) is 0 Å². The molecular formula is C16H33N2NaO4S. The van der Waals surface area contributed by atoms with Gasteiger partial charge < -0.3 is 14.8 Å². The summed E-state index contributed by atoms with van der Waals surface area (Å²) in [5.74, 6) is 0.123. The molecule has 0 aromatic carbocycles. The molecule has 24 heavy (non-hydrogen) atoms. The summed E-state index contributed by atoms with van der Waals surface area (Å²) in [6.45, 7) is 3.18. The Balaban J connectivity index is 0. The molecule has 138 valence electrons. The molecule has 0 aromatic heterocycles. The molecule has 0 rings (SSSR count). The van der Waals surface area contributed by atoms with Gasteiger partial charge in [0.25, 0.3) is 0 Å². The number of hydrogen-bond acceptors (Lipinski definition) is 5. The number of carbonyl (C=O) groups excluding carboxylic acids is 1. The number of nitrogens with zero attached hydrogens (tertiary/aromatic N) is 1. The number of hydrogen-bond donors (Lipinski definition) is 1. The predicted octanol–water partition coefficient (Wildman–Crippen LogP) is -0.887. The summed E-state index contributed by atoms with van der Waals surface area (Å²) in [5.41, 5.74) is 0. The third-order valence-corrected chi connectivity index (χ3v) is 5.08. The molecule has 0 aromatic rings. The quantitative estimate of drug-likeness (QED) is 0.243.